The van der Waals surface area contributed by atoms with Crippen LogP contribution in [0.15, 0.2) is 23.1 Å². The minimum absolute atomic E-state index is 0.229. The number of nitrogens with one attached hydrogen (secondary N) is 1. The highest BCUT2D eigenvalue weighted by molar-refractivity contribution is 7.89. The molecule has 4 nitrogen and oxygen atoms in total. The van der Waals surface area contributed by atoms with E-state index >= 15 is 0 Å². The first-order valence-electron chi connectivity index (χ1n) is 5.09. The lowest BCUT2D eigenvalue weighted by atomic mass is 10.0. The van der Waals surface area contributed by atoms with E-state index in [-0.39, 0.29) is 10.8 Å². The zero-order valence-corrected chi connectivity index (χ0v) is 10.5. The molecule has 0 amide bonds. The van der Waals surface area contributed by atoms with Gasteiger partial charge in [0.1, 0.15) is 6.73 Å². The van der Waals surface area contributed by atoms with Gasteiger partial charge in [-0.15, -0.1) is 0 Å². The van der Waals surface area contributed by atoms with Crippen molar-refractivity contribution in [3.8, 4) is 0 Å². The van der Waals surface area contributed by atoms with Crippen molar-refractivity contribution >= 4 is 10.0 Å². The summed E-state index contributed by atoms with van der Waals surface area (Å²) in [6.45, 7) is 5.14. The van der Waals surface area contributed by atoms with E-state index < -0.39 is 16.8 Å². The Balaban J connectivity index is 3.27. The van der Waals surface area contributed by atoms with Crippen LogP contribution < -0.4 is 4.72 Å². The Morgan fingerprint density at radius 2 is 2.00 bits per heavy atom. The number of benzene rings is 1. The van der Waals surface area contributed by atoms with Crippen LogP contribution in [0, 0.1) is 6.92 Å². The Kier molecular flexibility index (Phi) is 4.07. The van der Waals surface area contributed by atoms with Crippen LogP contribution in [0.2, 0.25) is 0 Å². The van der Waals surface area contributed by atoms with Crippen LogP contribution in [-0.2, 0) is 10.0 Å². The van der Waals surface area contributed by atoms with E-state index in [0.717, 1.165) is 5.56 Å². The van der Waals surface area contributed by atoms with E-state index in [2.05, 4.69) is 4.72 Å². The van der Waals surface area contributed by atoms with Crippen LogP contribution in [0.3, 0.4) is 0 Å². The van der Waals surface area contributed by atoms with E-state index in [0.29, 0.717) is 5.56 Å². The minimum atomic E-state index is -3.60. The molecule has 0 aliphatic rings. The monoisotopic (exact) mass is 243 g/mol. The fourth-order valence-corrected chi connectivity index (χ4v) is 2.54. The molecule has 1 aromatic rings. The van der Waals surface area contributed by atoms with Gasteiger partial charge in [0.15, 0.2) is 0 Å². The molecule has 16 heavy (non-hydrogen) atoms. The van der Waals surface area contributed by atoms with Gasteiger partial charge in [0, 0.05) is 0 Å². The molecule has 0 atom stereocenters. The maximum atomic E-state index is 11.8. The molecule has 0 saturated heterocycles. The van der Waals surface area contributed by atoms with E-state index in [1.165, 1.54) is 0 Å². The van der Waals surface area contributed by atoms with Gasteiger partial charge in [-0.3, -0.25) is 0 Å². The van der Waals surface area contributed by atoms with Crippen LogP contribution in [0.1, 0.15) is 30.9 Å². The third-order valence-electron chi connectivity index (χ3n) is 2.42. The smallest absolute Gasteiger partial charge is 0.242 e. The second kappa shape index (κ2) is 4.95. The highest BCUT2D eigenvalue weighted by atomic mass is 32.2. The van der Waals surface area contributed by atoms with E-state index in [9.17, 15) is 8.42 Å². The first-order chi connectivity index (χ1) is 7.38. The molecule has 0 unspecified atom stereocenters. The number of sulfonamides is 1. The third kappa shape index (κ3) is 2.81. The molecule has 0 aromatic heterocycles. The molecule has 0 saturated carbocycles. The van der Waals surface area contributed by atoms with Gasteiger partial charge in [-0.2, -0.15) is 4.72 Å². The highest BCUT2D eigenvalue weighted by Gasteiger charge is 2.16. The van der Waals surface area contributed by atoms with Crippen LogP contribution in [0.25, 0.3) is 0 Å². The second-order valence-corrected chi connectivity index (χ2v) is 5.72. The molecular formula is C11H17NO3S. The van der Waals surface area contributed by atoms with Crippen LogP contribution in [-0.4, -0.2) is 20.3 Å². The molecule has 1 rings (SSSR count). The van der Waals surface area contributed by atoms with E-state index in [4.69, 9.17) is 5.11 Å². The third-order valence-corrected chi connectivity index (χ3v) is 3.95. The fourth-order valence-electron chi connectivity index (χ4n) is 1.43. The normalized spacial score (nSPS) is 12.1. The summed E-state index contributed by atoms with van der Waals surface area (Å²) < 4.78 is 25.6. The zero-order valence-electron chi connectivity index (χ0n) is 9.69. The van der Waals surface area contributed by atoms with Crippen molar-refractivity contribution in [2.24, 2.45) is 0 Å². The molecule has 2 N–H and O–H groups in total. The number of aliphatic hydroxyl groups excluding tert-OH is 1. The van der Waals surface area contributed by atoms with Crippen molar-refractivity contribution in [3.05, 3.63) is 29.3 Å². The van der Waals surface area contributed by atoms with Gasteiger partial charge in [-0.25, -0.2) is 8.42 Å². The quantitative estimate of drug-likeness (QED) is 0.784. The highest BCUT2D eigenvalue weighted by Crippen LogP contribution is 2.21. The van der Waals surface area contributed by atoms with E-state index in [1.54, 1.807) is 19.1 Å². The summed E-state index contributed by atoms with van der Waals surface area (Å²) in [5.74, 6) is 0.267. The van der Waals surface area contributed by atoms with Crippen LogP contribution in [0.4, 0.5) is 0 Å². The van der Waals surface area contributed by atoms with Crippen LogP contribution >= 0.6 is 0 Å². The van der Waals surface area contributed by atoms with Crippen molar-refractivity contribution in [1.82, 2.24) is 4.72 Å². The molecule has 0 radical (unpaired) electrons. The SMILES string of the molecule is Cc1ccc(C(C)C)cc1S(=O)(=O)NCO. The topological polar surface area (TPSA) is 66.4 Å². The Hall–Kier alpha value is -0.910. The van der Waals surface area contributed by atoms with Gasteiger partial charge in [0.25, 0.3) is 0 Å². The number of rotatable bonds is 4. The molecular weight excluding hydrogens is 226 g/mol. The molecule has 0 spiro atoms. The van der Waals surface area contributed by atoms with Crippen molar-refractivity contribution < 1.29 is 13.5 Å². The van der Waals surface area contributed by atoms with Crippen molar-refractivity contribution in [1.29, 1.82) is 0 Å². The molecule has 0 aliphatic heterocycles. The molecule has 0 heterocycles. The molecule has 90 valence electrons. The van der Waals surface area contributed by atoms with Gasteiger partial charge in [-0.05, 0) is 30.0 Å². The van der Waals surface area contributed by atoms with Gasteiger partial charge >= 0.3 is 0 Å². The van der Waals surface area contributed by atoms with Gasteiger partial charge in [0.05, 0.1) is 4.90 Å². The first kappa shape index (κ1) is 13.2. The Labute approximate surface area is 96.4 Å². The maximum absolute atomic E-state index is 11.8. The summed E-state index contributed by atoms with van der Waals surface area (Å²) >= 11 is 0. The Morgan fingerprint density at radius 1 is 1.38 bits per heavy atom. The maximum Gasteiger partial charge on any atom is 0.242 e. The minimum Gasteiger partial charge on any atom is -0.380 e. The summed E-state index contributed by atoms with van der Waals surface area (Å²) in [5.41, 5.74) is 1.63. The number of hydrogen-bond acceptors (Lipinski definition) is 3. The average molecular weight is 243 g/mol. The molecule has 0 fully saturated rings. The lowest BCUT2D eigenvalue weighted by Crippen LogP contribution is -2.25. The summed E-state index contributed by atoms with van der Waals surface area (Å²) in [5, 5.41) is 8.64. The van der Waals surface area contributed by atoms with Crippen LogP contribution in [0.5, 0.6) is 0 Å². The Morgan fingerprint density at radius 3 is 2.50 bits per heavy atom. The number of hydrogen-bond donors (Lipinski definition) is 2. The van der Waals surface area contributed by atoms with Crippen molar-refractivity contribution in [2.45, 2.75) is 31.6 Å². The lowest BCUT2D eigenvalue weighted by molar-refractivity contribution is 0.288. The number of aliphatic hydroxyl groups is 1. The van der Waals surface area contributed by atoms with Gasteiger partial charge < -0.3 is 5.11 Å². The first-order valence-corrected chi connectivity index (χ1v) is 6.58. The lowest BCUT2D eigenvalue weighted by Gasteiger charge is -2.11. The van der Waals surface area contributed by atoms with Gasteiger partial charge in [0.2, 0.25) is 10.0 Å². The number of aryl methyl sites for hydroxylation is 1. The van der Waals surface area contributed by atoms with E-state index in [1.807, 2.05) is 19.9 Å². The molecule has 1 aromatic carbocycles. The Bertz CT molecular complexity index is 466. The molecule has 5 heteroatoms. The van der Waals surface area contributed by atoms with Gasteiger partial charge in [-0.1, -0.05) is 26.0 Å². The molecule has 0 aliphatic carbocycles. The predicted molar refractivity (Wildman–Crippen MR) is 62.7 cm³/mol. The van der Waals surface area contributed by atoms with Crippen molar-refractivity contribution in [3.63, 3.8) is 0 Å². The largest absolute Gasteiger partial charge is 0.380 e. The second-order valence-electron chi connectivity index (χ2n) is 3.99. The summed E-state index contributed by atoms with van der Waals surface area (Å²) in [7, 11) is -3.60. The predicted octanol–water partition coefficient (Wildman–Crippen LogP) is 1.35. The van der Waals surface area contributed by atoms with Crippen molar-refractivity contribution in [2.75, 3.05) is 6.73 Å². The standard InChI is InChI=1S/C11H17NO3S/c1-8(2)10-5-4-9(3)11(6-10)16(14,15)12-7-13/h4-6,8,12-13H,7H2,1-3H3. The molecule has 0 bridgehead atoms. The summed E-state index contributed by atoms with van der Waals surface area (Å²) in [6, 6.07) is 5.34. The zero-order chi connectivity index (χ0) is 12.3. The fraction of sp³-hybridized carbons (Fsp3) is 0.455. The average Bonchev–Trinajstić information content (AvgIpc) is 2.17. The summed E-state index contributed by atoms with van der Waals surface area (Å²) in [4.78, 5) is 0.229. The summed E-state index contributed by atoms with van der Waals surface area (Å²) in [6.07, 6.45) is 0.